The minimum atomic E-state index is 1.14. The van der Waals surface area contributed by atoms with Crippen molar-refractivity contribution in [2.75, 3.05) is 0 Å². The van der Waals surface area contributed by atoms with Crippen LogP contribution in [-0.2, 0) is 0 Å². The first-order valence-electron chi connectivity index (χ1n) is 5.59. The zero-order chi connectivity index (χ0) is 10.4. The van der Waals surface area contributed by atoms with E-state index in [1.54, 1.807) is 5.57 Å². The van der Waals surface area contributed by atoms with E-state index in [1.165, 1.54) is 24.0 Å². The molecule has 14 heavy (non-hydrogen) atoms. The van der Waals surface area contributed by atoms with Gasteiger partial charge in [-0.1, -0.05) is 56.7 Å². The Balaban J connectivity index is 3.09. The van der Waals surface area contributed by atoms with E-state index in [4.69, 9.17) is 0 Å². The van der Waals surface area contributed by atoms with Gasteiger partial charge in [-0.2, -0.15) is 0 Å². The lowest BCUT2D eigenvalue weighted by atomic mass is 9.95. The Bertz CT molecular complexity index is 287. The van der Waals surface area contributed by atoms with Gasteiger partial charge in [-0.25, -0.2) is 0 Å². The second kappa shape index (κ2) is 5.64. The van der Waals surface area contributed by atoms with Crippen molar-refractivity contribution in [1.82, 2.24) is 0 Å². The first-order chi connectivity index (χ1) is 6.83. The summed E-state index contributed by atoms with van der Waals surface area (Å²) in [5, 5.41) is 0. The smallest absolute Gasteiger partial charge is 0.0225 e. The highest BCUT2D eigenvalue weighted by atomic mass is 14.1. The lowest BCUT2D eigenvalue weighted by molar-refractivity contribution is 0.965. The van der Waals surface area contributed by atoms with Crippen molar-refractivity contribution in [2.24, 2.45) is 0 Å². The topological polar surface area (TPSA) is 0 Å². The number of allylic oxidation sites excluding steroid dienone is 2. The number of benzene rings is 1. The van der Waals surface area contributed by atoms with Crippen molar-refractivity contribution < 1.29 is 0 Å². The molecule has 0 saturated heterocycles. The van der Waals surface area contributed by atoms with Gasteiger partial charge < -0.3 is 0 Å². The van der Waals surface area contributed by atoms with E-state index < -0.39 is 0 Å². The summed E-state index contributed by atoms with van der Waals surface area (Å²) in [6, 6.07) is 10.7. The predicted molar refractivity (Wildman–Crippen MR) is 64.2 cm³/mol. The Morgan fingerprint density at radius 1 is 0.857 bits per heavy atom. The van der Waals surface area contributed by atoms with Crippen molar-refractivity contribution in [3.63, 3.8) is 0 Å². The molecule has 0 spiro atoms. The molecule has 0 saturated carbocycles. The van der Waals surface area contributed by atoms with Crippen LogP contribution in [0.1, 0.15) is 45.6 Å². The lowest BCUT2D eigenvalue weighted by Gasteiger charge is -2.11. The van der Waals surface area contributed by atoms with Gasteiger partial charge in [-0.05, 0) is 30.4 Å². The second-order valence-corrected chi connectivity index (χ2v) is 3.51. The Hall–Kier alpha value is -1.04. The molecule has 1 rings (SSSR count). The van der Waals surface area contributed by atoms with Gasteiger partial charge >= 0.3 is 0 Å². The summed E-state index contributed by atoms with van der Waals surface area (Å²) >= 11 is 0. The summed E-state index contributed by atoms with van der Waals surface area (Å²) in [4.78, 5) is 0. The fourth-order valence-electron chi connectivity index (χ4n) is 1.97. The third kappa shape index (κ3) is 2.47. The Morgan fingerprint density at radius 2 is 1.43 bits per heavy atom. The van der Waals surface area contributed by atoms with Gasteiger partial charge in [0, 0.05) is 0 Å². The molecule has 1 aromatic carbocycles. The largest absolute Gasteiger partial charge is 0.0670 e. The average Bonchev–Trinajstić information content (AvgIpc) is 2.27. The number of hydrogen-bond acceptors (Lipinski definition) is 0. The van der Waals surface area contributed by atoms with Crippen molar-refractivity contribution in [1.29, 1.82) is 0 Å². The van der Waals surface area contributed by atoms with Gasteiger partial charge in [-0.3, -0.25) is 0 Å². The predicted octanol–water partition coefficient (Wildman–Crippen LogP) is 4.67. The highest BCUT2D eigenvalue weighted by Crippen LogP contribution is 2.25. The molecule has 0 N–H and O–H groups in total. The summed E-state index contributed by atoms with van der Waals surface area (Å²) < 4.78 is 0. The van der Waals surface area contributed by atoms with Gasteiger partial charge in [-0.15, -0.1) is 0 Å². The first kappa shape index (κ1) is 11.0. The van der Waals surface area contributed by atoms with Crippen LogP contribution in [0, 0.1) is 0 Å². The molecule has 0 radical (unpaired) electrons. The van der Waals surface area contributed by atoms with Crippen LogP contribution in [0.5, 0.6) is 0 Å². The molecule has 0 unspecified atom stereocenters. The molecular formula is C14H20. The maximum Gasteiger partial charge on any atom is -0.0225 e. The van der Waals surface area contributed by atoms with E-state index in [1.807, 2.05) is 0 Å². The summed E-state index contributed by atoms with van der Waals surface area (Å²) in [6.45, 7) is 6.74. The number of rotatable bonds is 4. The SMILES string of the molecule is CCC(CC)=C(CC)c1ccccc1. The molecule has 0 aliphatic carbocycles. The molecule has 0 aromatic heterocycles. The summed E-state index contributed by atoms with van der Waals surface area (Å²) in [5.41, 5.74) is 4.53. The molecule has 0 bridgehead atoms. The van der Waals surface area contributed by atoms with Gasteiger partial charge in [0.25, 0.3) is 0 Å². The van der Waals surface area contributed by atoms with E-state index in [-0.39, 0.29) is 0 Å². The maximum atomic E-state index is 2.25. The van der Waals surface area contributed by atoms with E-state index in [2.05, 4.69) is 51.1 Å². The maximum absolute atomic E-state index is 2.25. The second-order valence-electron chi connectivity index (χ2n) is 3.51. The van der Waals surface area contributed by atoms with Crippen LogP contribution >= 0.6 is 0 Å². The van der Waals surface area contributed by atoms with Crippen LogP contribution in [0.4, 0.5) is 0 Å². The highest BCUT2D eigenvalue weighted by Gasteiger charge is 2.03. The van der Waals surface area contributed by atoms with E-state index >= 15 is 0 Å². The zero-order valence-electron chi connectivity index (χ0n) is 9.51. The molecule has 0 atom stereocenters. The number of hydrogen-bond donors (Lipinski definition) is 0. The molecular weight excluding hydrogens is 168 g/mol. The zero-order valence-corrected chi connectivity index (χ0v) is 9.51. The average molecular weight is 188 g/mol. The van der Waals surface area contributed by atoms with Crippen molar-refractivity contribution in [3.8, 4) is 0 Å². The molecule has 0 fully saturated rings. The normalized spacial score (nSPS) is 9.93. The molecule has 1 aromatic rings. The third-order valence-electron chi connectivity index (χ3n) is 2.76. The van der Waals surface area contributed by atoms with Gasteiger partial charge in [0.15, 0.2) is 0 Å². The third-order valence-corrected chi connectivity index (χ3v) is 2.76. The molecule has 0 heteroatoms. The lowest BCUT2D eigenvalue weighted by Crippen LogP contribution is -1.89. The van der Waals surface area contributed by atoms with Crippen LogP contribution in [0.2, 0.25) is 0 Å². The molecule has 76 valence electrons. The first-order valence-corrected chi connectivity index (χ1v) is 5.59. The minimum Gasteiger partial charge on any atom is -0.0670 e. The van der Waals surface area contributed by atoms with E-state index in [9.17, 15) is 0 Å². The van der Waals surface area contributed by atoms with Crippen molar-refractivity contribution in [2.45, 2.75) is 40.0 Å². The summed E-state index contributed by atoms with van der Waals surface area (Å²) in [6.07, 6.45) is 3.49. The van der Waals surface area contributed by atoms with Crippen LogP contribution < -0.4 is 0 Å². The fourth-order valence-corrected chi connectivity index (χ4v) is 1.97. The Labute approximate surface area is 87.7 Å². The molecule has 0 heterocycles. The quantitative estimate of drug-likeness (QED) is 0.644. The Morgan fingerprint density at radius 3 is 1.86 bits per heavy atom. The van der Waals surface area contributed by atoms with Crippen LogP contribution in [0.25, 0.3) is 5.57 Å². The molecule has 0 nitrogen and oxygen atoms in total. The van der Waals surface area contributed by atoms with Crippen LogP contribution in [0.15, 0.2) is 35.9 Å². The molecule has 0 aliphatic heterocycles. The van der Waals surface area contributed by atoms with Crippen molar-refractivity contribution in [3.05, 3.63) is 41.5 Å². The van der Waals surface area contributed by atoms with Gasteiger partial charge in [0.2, 0.25) is 0 Å². The van der Waals surface area contributed by atoms with Gasteiger partial charge in [0.05, 0.1) is 0 Å². The van der Waals surface area contributed by atoms with E-state index in [0.29, 0.717) is 0 Å². The highest BCUT2D eigenvalue weighted by molar-refractivity contribution is 5.68. The fraction of sp³-hybridized carbons (Fsp3) is 0.429. The standard InChI is InChI=1S/C14H20/c1-4-12(5-2)14(6-3)13-10-8-7-9-11-13/h7-11H,4-6H2,1-3H3. The summed E-state index contributed by atoms with van der Waals surface area (Å²) in [5.74, 6) is 0. The van der Waals surface area contributed by atoms with Gasteiger partial charge in [0.1, 0.15) is 0 Å². The summed E-state index contributed by atoms with van der Waals surface area (Å²) in [7, 11) is 0. The molecule has 0 amide bonds. The van der Waals surface area contributed by atoms with E-state index in [0.717, 1.165) is 6.42 Å². The monoisotopic (exact) mass is 188 g/mol. The van der Waals surface area contributed by atoms with Crippen LogP contribution in [-0.4, -0.2) is 0 Å². The van der Waals surface area contributed by atoms with Crippen LogP contribution in [0.3, 0.4) is 0 Å². The minimum absolute atomic E-state index is 1.14. The van der Waals surface area contributed by atoms with Crippen molar-refractivity contribution >= 4 is 5.57 Å². The Kier molecular flexibility index (Phi) is 4.45. The molecule has 0 aliphatic rings.